The molecule has 112 valence electrons. The molecule has 0 amide bonds. The predicted octanol–water partition coefficient (Wildman–Crippen LogP) is 2.97. The van der Waals surface area contributed by atoms with E-state index in [0.717, 1.165) is 41.5 Å². The van der Waals surface area contributed by atoms with Crippen molar-refractivity contribution in [2.45, 2.75) is 20.3 Å². The van der Waals surface area contributed by atoms with Gasteiger partial charge < -0.3 is 14.5 Å². The highest BCUT2D eigenvalue weighted by molar-refractivity contribution is 6.32. The van der Waals surface area contributed by atoms with E-state index >= 15 is 0 Å². The van der Waals surface area contributed by atoms with Crippen LogP contribution in [0.25, 0.3) is 0 Å². The van der Waals surface area contributed by atoms with Gasteiger partial charge in [0.25, 0.3) is 0 Å². The van der Waals surface area contributed by atoms with Gasteiger partial charge in [-0.1, -0.05) is 23.7 Å². The first-order valence-electron chi connectivity index (χ1n) is 7.37. The fourth-order valence-electron chi connectivity index (χ4n) is 2.46. The second-order valence-electron chi connectivity index (χ2n) is 5.69. The molecule has 0 unspecified atom stereocenters. The van der Waals surface area contributed by atoms with Gasteiger partial charge in [-0.3, -0.25) is 0 Å². The summed E-state index contributed by atoms with van der Waals surface area (Å²) in [7, 11) is 2.18. The molecule has 1 aromatic carbocycles. The van der Waals surface area contributed by atoms with Gasteiger partial charge in [0.05, 0.1) is 11.6 Å². The smallest absolute Gasteiger partial charge is 0.141 e. The minimum Gasteiger partial charge on any atom is -0.492 e. The molecule has 1 heterocycles. The summed E-state index contributed by atoms with van der Waals surface area (Å²) in [6.45, 7) is 10.6. The molecule has 0 radical (unpaired) electrons. The Morgan fingerprint density at radius 3 is 2.45 bits per heavy atom. The molecule has 3 nitrogen and oxygen atoms in total. The molecule has 0 aromatic heterocycles. The third-order valence-corrected chi connectivity index (χ3v) is 4.42. The van der Waals surface area contributed by atoms with Gasteiger partial charge >= 0.3 is 0 Å². The maximum Gasteiger partial charge on any atom is 0.141 e. The van der Waals surface area contributed by atoms with Crippen molar-refractivity contribution in [1.29, 1.82) is 0 Å². The van der Waals surface area contributed by atoms with Crippen molar-refractivity contribution in [2.24, 2.45) is 0 Å². The van der Waals surface area contributed by atoms with Crippen LogP contribution in [0.4, 0.5) is 0 Å². The van der Waals surface area contributed by atoms with Gasteiger partial charge in [0.1, 0.15) is 5.75 Å². The molecule has 0 aliphatic carbocycles. The van der Waals surface area contributed by atoms with E-state index < -0.39 is 0 Å². The van der Waals surface area contributed by atoms with E-state index in [1.807, 2.05) is 19.9 Å². The summed E-state index contributed by atoms with van der Waals surface area (Å²) in [6, 6.07) is 4.10. The Labute approximate surface area is 127 Å². The zero-order chi connectivity index (χ0) is 14.5. The number of likely N-dealkylation sites (N-methyl/N-ethyl adjacent to an activating group) is 1. The molecule has 0 N–H and O–H groups in total. The Hall–Kier alpha value is -0.770. The molecule has 1 aliphatic rings. The van der Waals surface area contributed by atoms with Crippen molar-refractivity contribution in [1.82, 2.24) is 9.80 Å². The molecular weight excluding hydrogens is 272 g/mol. The van der Waals surface area contributed by atoms with Crippen LogP contribution in [0, 0.1) is 13.8 Å². The zero-order valence-electron chi connectivity index (χ0n) is 12.8. The number of rotatable bonds is 5. The van der Waals surface area contributed by atoms with Gasteiger partial charge in [0.15, 0.2) is 0 Å². The van der Waals surface area contributed by atoms with E-state index in [0.29, 0.717) is 0 Å². The number of hydrogen-bond acceptors (Lipinski definition) is 3. The number of hydrogen-bond donors (Lipinski definition) is 0. The number of benzene rings is 1. The lowest BCUT2D eigenvalue weighted by Crippen LogP contribution is -2.44. The number of ether oxygens (including phenoxy) is 1. The summed E-state index contributed by atoms with van der Waals surface area (Å²) in [6.07, 6.45) is 1.05. The first-order chi connectivity index (χ1) is 9.58. The minimum atomic E-state index is 0.732. The molecule has 1 fully saturated rings. The largest absolute Gasteiger partial charge is 0.492 e. The van der Waals surface area contributed by atoms with Crippen LogP contribution in [0.15, 0.2) is 12.1 Å². The van der Waals surface area contributed by atoms with Gasteiger partial charge in [-0.2, -0.15) is 0 Å². The zero-order valence-corrected chi connectivity index (χ0v) is 13.5. The van der Waals surface area contributed by atoms with E-state index in [2.05, 4.69) is 22.9 Å². The van der Waals surface area contributed by atoms with Crippen LogP contribution in [-0.4, -0.2) is 56.2 Å². The van der Waals surface area contributed by atoms with Crippen LogP contribution in [-0.2, 0) is 0 Å². The maximum atomic E-state index is 6.30. The number of aryl methyl sites for hydroxylation is 2. The van der Waals surface area contributed by atoms with Crippen LogP contribution in [0.2, 0.25) is 5.02 Å². The predicted molar refractivity (Wildman–Crippen MR) is 85.0 cm³/mol. The fourth-order valence-corrected chi connectivity index (χ4v) is 2.73. The fraction of sp³-hybridized carbons (Fsp3) is 0.625. The molecule has 0 bridgehead atoms. The van der Waals surface area contributed by atoms with Gasteiger partial charge in [0.2, 0.25) is 0 Å². The highest BCUT2D eigenvalue weighted by atomic mass is 35.5. The lowest BCUT2D eigenvalue weighted by molar-refractivity contribution is 0.145. The first kappa shape index (κ1) is 15.6. The highest BCUT2D eigenvalue weighted by Crippen LogP contribution is 2.31. The molecule has 1 saturated heterocycles. The van der Waals surface area contributed by atoms with Crippen LogP contribution >= 0.6 is 11.6 Å². The molecule has 1 aromatic rings. The van der Waals surface area contributed by atoms with E-state index in [1.54, 1.807) is 0 Å². The monoisotopic (exact) mass is 296 g/mol. The molecule has 0 atom stereocenters. The number of piperazine rings is 1. The molecule has 0 saturated carbocycles. The van der Waals surface area contributed by atoms with E-state index in [4.69, 9.17) is 16.3 Å². The minimum absolute atomic E-state index is 0.732. The molecule has 0 spiro atoms. The summed E-state index contributed by atoms with van der Waals surface area (Å²) in [5.41, 5.74) is 2.19. The van der Waals surface area contributed by atoms with Crippen LogP contribution in [0.5, 0.6) is 5.75 Å². The SMILES string of the molecule is Cc1ccc(C)c(OCCCN2CCN(C)CC2)c1Cl. The molecule has 1 aliphatic heterocycles. The van der Waals surface area contributed by atoms with Gasteiger partial charge in [0, 0.05) is 32.7 Å². The standard InChI is InChI=1S/C16H25ClN2O/c1-13-5-6-14(2)16(15(13)17)20-12-4-7-19-10-8-18(3)9-11-19/h5-6H,4,7-12H2,1-3H3. The van der Waals surface area contributed by atoms with Gasteiger partial charge in [-0.05, 0) is 38.4 Å². The highest BCUT2D eigenvalue weighted by Gasteiger charge is 2.13. The van der Waals surface area contributed by atoms with Crippen molar-refractivity contribution in [2.75, 3.05) is 46.4 Å². The quantitative estimate of drug-likeness (QED) is 0.777. The molecule has 2 rings (SSSR count). The Bertz CT molecular complexity index is 442. The molecule has 20 heavy (non-hydrogen) atoms. The normalized spacial score (nSPS) is 17.4. The Morgan fingerprint density at radius 2 is 1.75 bits per heavy atom. The molecular formula is C16H25ClN2O. The Kier molecular flexibility index (Phi) is 5.70. The summed E-state index contributed by atoms with van der Waals surface area (Å²) in [5.74, 6) is 0.852. The van der Waals surface area contributed by atoms with Crippen LogP contribution in [0.3, 0.4) is 0 Å². The van der Waals surface area contributed by atoms with Crippen molar-refractivity contribution in [3.8, 4) is 5.75 Å². The van der Waals surface area contributed by atoms with Crippen molar-refractivity contribution >= 4 is 11.6 Å². The second-order valence-corrected chi connectivity index (χ2v) is 6.07. The number of halogens is 1. The van der Waals surface area contributed by atoms with Crippen LogP contribution < -0.4 is 4.74 Å². The van der Waals surface area contributed by atoms with E-state index in [-0.39, 0.29) is 0 Å². The first-order valence-corrected chi connectivity index (χ1v) is 7.75. The van der Waals surface area contributed by atoms with Crippen molar-refractivity contribution in [3.63, 3.8) is 0 Å². The van der Waals surface area contributed by atoms with Crippen LogP contribution in [0.1, 0.15) is 17.5 Å². The summed E-state index contributed by atoms with van der Waals surface area (Å²) in [4.78, 5) is 4.89. The summed E-state index contributed by atoms with van der Waals surface area (Å²) < 4.78 is 5.89. The van der Waals surface area contributed by atoms with Gasteiger partial charge in [-0.25, -0.2) is 0 Å². The van der Waals surface area contributed by atoms with Crippen molar-refractivity contribution in [3.05, 3.63) is 28.3 Å². The van der Waals surface area contributed by atoms with Crippen molar-refractivity contribution < 1.29 is 4.74 Å². The van der Waals surface area contributed by atoms with E-state index in [1.165, 1.54) is 26.2 Å². The third-order valence-electron chi connectivity index (χ3n) is 3.95. The number of nitrogens with zero attached hydrogens (tertiary/aromatic N) is 2. The third kappa shape index (κ3) is 4.11. The van der Waals surface area contributed by atoms with Gasteiger partial charge in [-0.15, -0.1) is 0 Å². The topological polar surface area (TPSA) is 15.7 Å². The summed E-state index contributed by atoms with van der Waals surface area (Å²) >= 11 is 6.30. The maximum absolute atomic E-state index is 6.30. The Balaban J connectivity index is 1.75. The lowest BCUT2D eigenvalue weighted by Gasteiger charge is -2.32. The molecule has 4 heteroatoms. The average molecular weight is 297 g/mol. The lowest BCUT2D eigenvalue weighted by atomic mass is 10.1. The second kappa shape index (κ2) is 7.30. The Morgan fingerprint density at radius 1 is 1.10 bits per heavy atom. The van der Waals surface area contributed by atoms with E-state index in [9.17, 15) is 0 Å². The average Bonchev–Trinajstić information content (AvgIpc) is 2.44. The summed E-state index contributed by atoms with van der Waals surface area (Å²) in [5, 5.41) is 0.754.